The van der Waals surface area contributed by atoms with Gasteiger partial charge in [0.15, 0.2) is 10.9 Å². The van der Waals surface area contributed by atoms with Crippen molar-refractivity contribution in [3.8, 4) is 0 Å². The lowest BCUT2D eigenvalue weighted by atomic mass is 10.1. The molecule has 0 aliphatic rings. The second-order valence-electron chi connectivity index (χ2n) is 22.9. The molecule has 0 fully saturated rings. The Morgan fingerprint density at radius 3 is 1.32 bits per heavy atom. The number of imidazole rings is 1. The highest BCUT2D eigenvalue weighted by atomic mass is 32.2. The van der Waals surface area contributed by atoms with Crippen molar-refractivity contribution >= 4 is 62.1 Å². The van der Waals surface area contributed by atoms with E-state index in [4.69, 9.17) is 110 Å². The summed E-state index contributed by atoms with van der Waals surface area (Å²) in [6, 6.07) is 16.1. The molecule has 0 saturated heterocycles. The van der Waals surface area contributed by atoms with Gasteiger partial charge in [0.05, 0.1) is 262 Å². The molecule has 0 aliphatic heterocycles. The van der Waals surface area contributed by atoms with Crippen LogP contribution < -0.4 is 16.4 Å². The molecule has 588 valence electrons. The molecule has 29 nitrogen and oxygen atoms in total. The maximum atomic E-state index is 12.8. The van der Waals surface area contributed by atoms with Crippen LogP contribution in [0, 0.1) is 0 Å². The van der Waals surface area contributed by atoms with Crippen molar-refractivity contribution in [1.29, 1.82) is 0 Å². The summed E-state index contributed by atoms with van der Waals surface area (Å²) >= 11 is 1.21. The van der Waals surface area contributed by atoms with Gasteiger partial charge in [0.2, 0.25) is 5.91 Å². The van der Waals surface area contributed by atoms with E-state index < -0.39 is 0 Å². The SMILES string of the molecule is CCCCc1nc2c(N)nc3ccccc3c2n1CCCCN=C(CCCOCCOCCOCCOCCOCCOCCOCCOCCOCCOCCC(=O)SC)Nc1cccc(CNC(=O)CCOCCOCCOCCOCCOCCOCCOCCOCCOCCOC)c1. The average molecular weight is 1480 g/mol. The predicted molar refractivity (Wildman–Crippen MR) is 396 cm³/mol. The van der Waals surface area contributed by atoms with Crippen LogP contribution in [0.1, 0.15) is 69.7 Å². The number of rotatable bonds is 75. The van der Waals surface area contributed by atoms with Gasteiger partial charge in [0, 0.05) is 70.1 Å². The predicted octanol–water partition coefficient (Wildman–Crippen LogP) is 6.83. The van der Waals surface area contributed by atoms with Gasteiger partial charge < -0.3 is 116 Å². The van der Waals surface area contributed by atoms with Gasteiger partial charge in [-0.15, -0.1) is 0 Å². The smallest absolute Gasteiger partial charge is 0.222 e. The number of amides is 1. The number of carbonyl (C=O) groups excluding carboxylic acids is 2. The number of hydrogen-bond donors (Lipinski definition) is 3. The molecule has 4 rings (SSSR count). The Labute approximate surface area is 615 Å². The first kappa shape index (κ1) is 90.7. The van der Waals surface area contributed by atoms with Crippen LogP contribution in [0.2, 0.25) is 0 Å². The quantitative estimate of drug-likeness (QED) is 0.0232. The first-order valence-electron chi connectivity index (χ1n) is 36.7. The van der Waals surface area contributed by atoms with Crippen molar-refractivity contribution in [2.24, 2.45) is 4.99 Å². The molecule has 4 aromatic rings. The molecule has 2 aromatic carbocycles. The number of nitrogens with one attached hydrogen (secondary N) is 2. The van der Waals surface area contributed by atoms with Crippen LogP contribution in [0.5, 0.6) is 0 Å². The van der Waals surface area contributed by atoms with E-state index in [1.807, 2.05) is 42.5 Å². The van der Waals surface area contributed by atoms with Gasteiger partial charge in [-0.05, 0) is 55.7 Å². The molecule has 4 N–H and O–H groups in total. The molecule has 2 heterocycles. The van der Waals surface area contributed by atoms with Crippen LogP contribution in [0.15, 0.2) is 53.5 Å². The van der Waals surface area contributed by atoms with Crippen molar-refractivity contribution < 1.29 is 104 Å². The van der Waals surface area contributed by atoms with Gasteiger partial charge in [-0.3, -0.25) is 14.6 Å². The highest BCUT2D eigenvalue weighted by molar-refractivity contribution is 8.13. The van der Waals surface area contributed by atoms with E-state index in [0.717, 1.165) is 89.9 Å². The molecule has 0 saturated carbocycles. The molecule has 0 aliphatic carbocycles. The third-order valence-electron chi connectivity index (χ3n) is 14.9. The molecule has 103 heavy (non-hydrogen) atoms. The van der Waals surface area contributed by atoms with E-state index in [9.17, 15) is 9.59 Å². The van der Waals surface area contributed by atoms with Crippen LogP contribution >= 0.6 is 11.8 Å². The van der Waals surface area contributed by atoms with Gasteiger partial charge in [-0.25, -0.2) is 9.97 Å². The van der Waals surface area contributed by atoms with Crippen molar-refractivity contribution in [2.75, 3.05) is 289 Å². The first-order chi connectivity index (χ1) is 50.9. The molecular weight excluding hydrogens is 1360 g/mol. The van der Waals surface area contributed by atoms with E-state index in [-0.39, 0.29) is 24.1 Å². The largest absolute Gasteiger partial charge is 0.382 e. The minimum absolute atomic E-state index is 0.104. The van der Waals surface area contributed by atoms with E-state index >= 15 is 0 Å². The van der Waals surface area contributed by atoms with Gasteiger partial charge in [-0.2, -0.15) is 0 Å². The normalized spacial score (nSPS) is 11.9. The molecule has 0 bridgehead atoms. The number of pyridine rings is 1. The van der Waals surface area contributed by atoms with Gasteiger partial charge in [-0.1, -0.05) is 55.4 Å². The summed E-state index contributed by atoms with van der Waals surface area (Å²) in [5.74, 6) is 2.25. The zero-order valence-electron chi connectivity index (χ0n) is 61.9. The molecule has 0 atom stereocenters. The monoisotopic (exact) mass is 1480 g/mol. The topological polar surface area (TPSA) is 312 Å². The summed E-state index contributed by atoms with van der Waals surface area (Å²) in [7, 11) is 1.64. The maximum Gasteiger partial charge on any atom is 0.222 e. The van der Waals surface area contributed by atoms with Crippen LogP contribution in [0.3, 0.4) is 0 Å². The fourth-order valence-electron chi connectivity index (χ4n) is 9.51. The second-order valence-corrected chi connectivity index (χ2v) is 23.8. The number of nitrogens with zero attached hydrogens (tertiary/aromatic N) is 4. The lowest BCUT2D eigenvalue weighted by molar-refractivity contribution is -0.122. The highest BCUT2D eigenvalue weighted by Crippen LogP contribution is 2.30. The number of fused-ring (bicyclic) bond motifs is 3. The number of ether oxygens (including phenoxy) is 20. The number of benzene rings is 2. The number of unbranched alkanes of at least 4 members (excludes halogenated alkanes) is 2. The number of anilines is 2. The minimum atomic E-state index is -0.104. The molecule has 1 amide bonds. The molecular formula is C73H123N7O22S. The molecule has 0 unspecified atom stereocenters. The third kappa shape index (κ3) is 49.0. The Hall–Kier alpha value is -4.72. The van der Waals surface area contributed by atoms with Gasteiger partial charge in [0.1, 0.15) is 17.2 Å². The van der Waals surface area contributed by atoms with Crippen molar-refractivity contribution in [1.82, 2.24) is 19.9 Å². The molecule has 0 radical (unpaired) electrons. The van der Waals surface area contributed by atoms with Crippen LogP contribution in [0.25, 0.3) is 21.9 Å². The second kappa shape index (κ2) is 66.7. The molecule has 2 aromatic heterocycles. The van der Waals surface area contributed by atoms with Gasteiger partial charge in [0.25, 0.3) is 0 Å². The zero-order chi connectivity index (χ0) is 73.0. The average Bonchev–Trinajstić information content (AvgIpc) is 1.63. The number of hydrogen-bond acceptors (Lipinski definition) is 27. The number of nitrogen functional groups attached to an aromatic ring is 1. The van der Waals surface area contributed by atoms with E-state index in [0.29, 0.717) is 283 Å². The minimum Gasteiger partial charge on any atom is -0.382 e. The van der Waals surface area contributed by atoms with Crippen molar-refractivity contribution in [2.45, 2.75) is 77.8 Å². The van der Waals surface area contributed by atoms with E-state index in [1.54, 1.807) is 13.4 Å². The molecule has 30 heteroatoms. The van der Waals surface area contributed by atoms with Crippen LogP contribution in [0.4, 0.5) is 11.5 Å². The fourth-order valence-corrected chi connectivity index (χ4v) is 9.80. The summed E-state index contributed by atoms with van der Waals surface area (Å²) in [5, 5.41) is 7.78. The molecule has 0 spiro atoms. The standard InChI is InChI=1S/C73H123N7O22S/c1-4-5-17-68-79-71-72(65-14-6-7-15-66(65)78-73(71)74)80(68)21-9-8-20-75-67(16-11-22-84-27-30-88-35-38-92-43-46-96-51-54-100-59-60-102-56-53-98-48-45-94-40-37-90-32-29-86-24-19-70(82)103-3)77-64-13-10-12-63(61-64)62-76-69(81)18-23-85-28-31-89-36-39-93-44-47-97-52-55-101-58-57-99-50-49-95-42-41-91-34-33-87-26-25-83-2/h6-7,10,12-15,61H,4-5,8-9,11,16-60,62H2,1-3H3,(H2,74,78)(H,75,77)(H,76,81). The summed E-state index contributed by atoms with van der Waals surface area (Å²) in [6.45, 7) is 22.3. The summed E-state index contributed by atoms with van der Waals surface area (Å²) < 4.78 is 113. The number of methoxy groups -OCH3 is 1. The number of aliphatic imine (C=N–C) groups is 1. The van der Waals surface area contributed by atoms with E-state index in [1.165, 1.54) is 11.8 Å². The highest BCUT2D eigenvalue weighted by Gasteiger charge is 2.17. The number of aryl methyl sites for hydroxylation is 2. The lowest BCUT2D eigenvalue weighted by Gasteiger charge is -2.13. The van der Waals surface area contributed by atoms with Crippen LogP contribution in [-0.4, -0.2) is 309 Å². The summed E-state index contributed by atoms with van der Waals surface area (Å²) in [4.78, 5) is 38.8. The Morgan fingerprint density at radius 2 is 0.883 bits per heavy atom. The van der Waals surface area contributed by atoms with Crippen molar-refractivity contribution in [3.05, 3.63) is 59.9 Å². The van der Waals surface area contributed by atoms with Crippen LogP contribution in [-0.2, 0) is 124 Å². The Balaban J connectivity index is 1.01. The lowest BCUT2D eigenvalue weighted by Crippen LogP contribution is -2.24. The number of nitrogens with two attached hydrogens (primary N) is 1. The fraction of sp³-hybridized carbons (Fsp3) is 0.740. The van der Waals surface area contributed by atoms with E-state index in [2.05, 4.69) is 33.2 Å². The Bertz CT molecular complexity index is 2690. The number of carbonyl (C=O) groups is 2. The maximum absolute atomic E-state index is 12.8. The first-order valence-corrected chi connectivity index (χ1v) is 37.9. The van der Waals surface area contributed by atoms with Gasteiger partial charge >= 0.3 is 0 Å². The Morgan fingerprint density at radius 1 is 0.466 bits per heavy atom. The number of amidine groups is 1. The summed E-state index contributed by atoms with van der Waals surface area (Å²) in [6.07, 6.45) is 8.58. The number of thioether (sulfide) groups is 1. The zero-order valence-corrected chi connectivity index (χ0v) is 62.8. The Kier molecular flexibility index (Phi) is 58.7. The van der Waals surface area contributed by atoms with Crippen molar-refractivity contribution in [3.63, 3.8) is 0 Å². The number of para-hydroxylation sites is 1. The number of aromatic nitrogens is 3. The third-order valence-corrected chi connectivity index (χ3v) is 15.5. The summed E-state index contributed by atoms with van der Waals surface area (Å²) in [5.41, 5.74) is 11.0.